The molecule has 0 spiro atoms. The van der Waals surface area contributed by atoms with Crippen molar-refractivity contribution in [1.29, 1.82) is 0 Å². The van der Waals surface area contributed by atoms with Crippen molar-refractivity contribution in [1.82, 2.24) is 20.4 Å². The number of carbonyl (C=O) groups is 2. The van der Waals surface area contributed by atoms with E-state index in [2.05, 4.69) is 32.6 Å². The number of piperazine rings is 1. The van der Waals surface area contributed by atoms with E-state index in [-0.39, 0.29) is 11.9 Å². The largest absolute Gasteiger partial charge is 0.341 e. The van der Waals surface area contributed by atoms with Crippen molar-refractivity contribution in [3.05, 3.63) is 46.3 Å². The van der Waals surface area contributed by atoms with E-state index >= 15 is 0 Å². The number of nitrogens with zero attached hydrogens (tertiary/aromatic N) is 2. The Morgan fingerprint density at radius 3 is 2.54 bits per heavy atom. The van der Waals surface area contributed by atoms with Gasteiger partial charge < -0.3 is 5.32 Å². The highest BCUT2D eigenvalue weighted by molar-refractivity contribution is 7.15. The summed E-state index contributed by atoms with van der Waals surface area (Å²) in [6.07, 6.45) is 0. The average molecular weight is 421 g/mol. The van der Waals surface area contributed by atoms with Gasteiger partial charge in [-0.2, -0.15) is 0 Å². The summed E-state index contributed by atoms with van der Waals surface area (Å²) in [5.41, 5.74) is 1.07. The van der Waals surface area contributed by atoms with Gasteiger partial charge in [0.25, 0.3) is 0 Å². The van der Waals surface area contributed by atoms with E-state index < -0.39 is 6.03 Å². The lowest BCUT2D eigenvalue weighted by atomic mass is 10.2. The van der Waals surface area contributed by atoms with E-state index in [0.717, 1.165) is 43.3 Å². The number of thiophene rings is 1. The summed E-state index contributed by atoms with van der Waals surface area (Å²) in [7, 11) is 1.49. The van der Waals surface area contributed by atoms with Gasteiger partial charge in [-0.1, -0.05) is 29.8 Å². The van der Waals surface area contributed by atoms with E-state index in [1.165, 1.54) is 16.8 Å². The Kier molecular flexibility index (Phi) is 7.07. The van der Waals surface area contributed by atoms with Crippen LogP contribution in [0.5, 0.6) is 0 Å². The third kappa shape index (κ3) is 5.11. The molecule has 1 atom stereocenters. The van der Waals surface area contributed by atoms with Gasteiger partial charge in [-0.25, -0.2) is 4.79 Å². The highest BCUT2D eigenvalue weighted by Gasteiger charge is 2.26. The highest BCUT2D eigenvalue weighted by Crippen LogP contribution is 2.33. The van der Waals surface area contributed by atoms with Crippen LogP contribution in [0, 0.1) is 0 Å². The number of benzene rings is 1. The molecule has 1 saturated heterocycles. The first-order valence-corrected chi connectivity index (χ1v) is 10.5. The van der Waals surface area contributed by atoms with Crippen molar-refractivity contribution < 1.29 is 9.59 Å². The second-order valence-electron chi connectivity index (χ2n) is 6.80. The fraction of sp³-hybridized carbons (Fsp3) is 0.400. The first kappa shape index (κ1) is 20.8. The van der Waals surface area contributed by atoms with E-state index in [9.17, 15) is 9.59 Å². The van der Waals surface area contributed by atoms with Crippen molar-refractivity contribution in [2.45, 2.75) is 19.5 Å². The smallest absolute Gasteiger partial charge is 0.321 e. The molecule has 2 N–H and O–H groups in total. The molecule has 2 aromatic rings. The molecule has 28 heavy (non-hydrogen) atoms. The summed E-state index contributed by atoms with van der Waals surface area (Å²) >= 11 is 8.07. The molecule has 1 aliphatic heterocycles. The Morgan fingerprint density at radius 2 is 1.86 bits per heavy atom. The Balaban J connectivity index is 1.52. The first-order valence-electron chi connectivity index (χ1n) is 9.30. The lowest BCUT2D eigenvalue weighted by Crippen LogP contribution is -2.55. The first-order chi connectivity index (χ1) is 13.5. The van der Waals surface area contributed by atoms with Gasteiger partial charge in [0.1, 0.15) is 0 Å². The van der Waals surface area contributed by atoms with Crippen molar-refractivity contribution in [3.63, 3.8) is 0 Å². The number of urea groups is 1. The number of carbonyl (C=O) groups excluding carboxylic acids is 2. The average Bonchev–Trinajstić information content (AvgIpc) is 3.16. The van der Waals surface area contributed by atoms with E-state index in [1.54, 1.807) is 11.3 Å². The molecular weight excluding hydrogens is 396 g/mol. The number of hydrogen-bond donors (Lipinski definition) is 2. The Bertz CT molecular complexity index is 833. The molecule has 0 bridgehead atoms. The molecule has 0 saturated carbocycles. The van der Waals surface area contributed by atoms with Crippen LogP contribution >= 0.6 is 22.9 Å². The number of hydrogen-bond acceptors (Lipinski definition) is 5. The van der Waals surface area contributed by atoms with Gasteiger partial charge in [-0.05, 0) is 25.1 Å². The topological polar surface area (TPSA) is 64.7 Å². The summed E-state index contributed by atoms with van der Waals surface area (Å²) in [6.45, 7) is 6.09. The minimum absolute atomic E-state index is 0.268. The molecule has 0 aliphatic carbocycles. The van der Waals surface area contributed by atoms with Crippen molar-refractivity contribution in [3.8, 4) is 10.4 Å². The third-order valence-electron chi connectivity index (χ3n) is 4.98. The minimum Gasteiger partial charge on any atom is -0.341 e. The molecule has 3 rings (SSSR count). The third-order valence-corrected chi connectivity index (χ3v) is 6.41. The Morgan fingerprint density at radius 1 is 1.14 bits per heavy atom. The normalized spacial score (nSPS) is 16.5. The second kappa shape index (κ2) is 9.52. The highest BCUT2D eigenvalue weighted by atomic mass is 35.5. The molecule has 1 aromatic heterocycles. The van der Waals surface area contributed by atoms with Crippen LogP contribution < -0.4 is 10.6 Å². The molecule has 2 heterocycles. The molecule has 0 unspecified atom stereocenters. The van der Waals surface area contributed by atoms with Crippen molar-refractivity contribution in [2.75, 3.05) is 33.2 Å². The number of halogens is 1. The van der Waals surface area contributed by atoms with Gasteiger partial charge >= 0.3 is 6.03 Å². The maximum absolute atomic E-state index is 12.1. The zero-order valence-corrected chi connectivity index (χ0v) is 17.6. The standard InChI is InChI=1S/C20H25ClN4O2S/c1-14(19(26)23-20(27)22-2)25-11-9-24(10-12-25)13-15-7-8-18(28-15)16-5-3-4-6-17(16)21/h3-8,14H,9-13H2,1-2H3,(H2,22,23,26,27)/t14-/m0/s1. The molecule has 8 heteroatoms. The van der Waals surface area contributed by atoms with E-state index in [4.69, 9.17) is 11.6 Å². The van der Waals surface area contributed by atoms with Crippen molar-refractivity contribution >= 4 is 34.9 Å². The predicted molar refractivity (Wildman–Crippen MR) is 114 cm³/mol. The lowest BCUT2D eigenvalue weighted by molar-refractivity contribution is -0.125. The van der Waals surface area contributed by atoms with Gasteiger partial charge in [0.15, 0.2) is 0 Å². The number of amides is 3. The summed E-state index contributed by atoms with van der Waals surface area (Å²) in [4.78, 5) is 30.4. The quantitative estimate of drug-likeness (QED) is 0.780. The number of nitrogens with one attached hydrogen (secondary N) is 2. The summed E-state index contributed by atoms with van der Waals surface area (Å²) in [5.74, 6) is -0.268. The fourth-order valence-electron chi connectivity index (χ4n) is 3.24. The number of imide groups is 1. The molecule has 6 nitrogen and oxygen atoms in total. The maximum atomic E-state index is 12.1. The second-order valence-corrected chi connectivity index (χ2v) is 8.38. The number of rotatable bonds is 5. The molecule has 3 amide bonds. The van der Waals surface area contributed by atoms with Gasteiger partial charge in [0, 0.05) is 60.1 Å². The van der Waals surface area contributed by atoms with Gasteiger partial charge in [0.2, 0.25) is 5.91 Å². The minimum atomic E-state index is -0.470. The predicted octanol–water partition coefficient (Wildman–Crippen LogP) is 3.03. The lowest BCUT2D eigenvalue weighted by Gasteiger charge is -2.37. The van der Waals surface area contributed by atoms with Crippen LogP contribution in [-0.4, -0.2) is 61.0 Å². The zero-order valence-electron chi connectivity index (χ0n) is 16.1. The van der Waals surface area contributed by atoms with Gasteiger partial charge in [0.05, 0.1) is 6.04 Å². The van der Waals surface area contributed by atoms with Crippen LogP contribution in [0.2, 0.25) is 5.02 Å². The monoisotopic (exact) mass is 420 g/mol. The van der Waals surface area contributed by atoms with Crippen LogP contribution in [0.1, 0.15) is 11.8 Å². The molecule has 1 aromatic carbocycles. The van der Waals surface area contributed by atoms with Gasteiger partial charge in [-0.15, -0.1) is 11.3 Å². The molecule has 1 aliphatic rings. The molecule has 150 valence electrons. The Labute approximate surface area is 174 Å². The SMILES string of the molecule is CNC(=O)NC(=O)[C@H](C)N1CCN(Cc2ccc(-c3ccccc3Cl)s2)CC1. The fourth-order valence-corrected chi connectivity index (χ4v) is 4.63. The van der Waals surface area contributed by atoms with Crippen LogP contribution in [-0.2, 0) is 11.3 Å². The maximum Gasteiger partial charge on any atom is 0.321 e. The molecular formula is C20H25ClN4O2S. The molecule has 0 radical (unpaired) electrons. The summed E-state index contributed by atoms with van der Waals surface area (Å²) in [6, 6.07) is 11.4. The van der Waals surface area contributed by atoms with E-state index in [1.807, 2.05) is 31.2 Å². The zero-order chi connectivity index (χ0) is 20.1. The van der Waals surface area contributed by atoms with Crippen LogP contribution in [0.15, 0.2) is 36.4 Å². The van der Waals surface area contributed by atoms with E-state index in [0.29, 0.717) is 0 Å². The summed E-state index contributed by atoms with van der Waals surface area (Å²) in [5, 5.41) is 5.52. The van der Waals surface area contributed by atoms with Crippen molar-refractivity contribution in [2.24, 2.45) is 0 Å². The van der Waals surface area contributed by atoms with Crippen LogP contribution in [0.3, 0.4) is 0 Å². The van der Waals surface area contributed by atoms with Crippen LogP contribution in [0.4, 0.5) is 4.79 Å². The molecule has 1 fully saturated rings. The van der Waals surface area contributed by atoms with Crippen LogP contribution in [0.25, 0.3) is 10.4 Å². The summed E-state index contributed by atoms with van der Waals surface area (Å²) < 4.78 is 0. The Hall–Kier alpha value is -1.93. The van der Waals surface area contributed by atoms with Gasteiger partial charge in [-0.3, -0.25) is 19.9 Å².